The summed E-state index contributed by atoms with van der Waals surface area (Å²) in [7, 11) is 0. The highest BCUT2D eigenvalue weighted by Gasteiger charge is 2.10. The van der Waals surface area contributed by atoms with Crippen LogP contribution in [0.3, 0.4) is 0 Å². The number of fused-ring (bicyclic) bond motifs is 1. The minimum Gasteiger partial charge on any atom is -0.343 e. The number of amides is 1. The summed E-state index contributed by atoms with van der Waals surface area (Å²) in [6.07, 6.45) is 4.74. The summed E-state index contributed by atoms with van der Waals surface area (Å²) in [5.74, 6) is 1.48. The van der Waals surface area contributed by atoms with Crippen LogP contribution in [0, 0.1) is 0 Å². The molecule has 3 heterocycles. The van der Waals surface area contributed by atoms with Crippen LogP contribution in [0.15, 0.2) is 61.1 Å². The molecule has 0 unspecified atom stereocenters. The highest BCUT2D eigenvalue weighted by Crippen LogP contribution is 2.12. The third-order valence-corrected chi connectivity index (χ3v) is 3.66. The standard InChI is InChI=1S/C18H15N7O/c26-18(21-11-17-22-12-4-1-2-5-13(12)23-17)14-6-3-7-15(24-14)25-16-10-19-8-9-20-16/h1-10H,11H2,(H,21,26)(H,22,23)(H,20,24,25). The highest BCUT2D eigenvalue weighted by atomic mass is 16.1. The number of imidazole rings is 1. The van der Waals surface area contributed by atoms with E-state index in [9.17, 15) is 4.79 Å². The number of nitrogens with zero attached hydrogens (tertiary/aromatic N) is 4. The Morgan fingerprint density at radius 1 is 1.00 bits per heavy atom. The minimum atomic E-state index is -0.284. The Bertz CT molecular complexity index is 1010. The molecule has 0 saturated heterocycles. The molecule has 8 heteroatoms. The van der Waals surface area contributed by atoms with Gasteiger partial charge in [-0.05, 0) is 24.3 Å². The van der Waals surface area contributed by atoms with E-state index in [4.69, 9.17) is 0 Å². The fourth-order valence-electron chi connectivity index (χ4n) is 2.47. The van der Waals surface area contributed by atoms with E-state index in [0.717, 1.165) is 11.0 Å². The van der Waals surface area contributed by atoms with Crippen LogP contribution in [0.25, 0.3) is 11.0 Å². The number of hydrogen-bond acceptors (Lipinski definition) is 6. The molecule has 4 aromatic rings. The van der Waals surface area contributed by atoms with Crippen molar-refractivity contribution >= 4 is 28.6 Å². The number of benzene rings is 1. The van der Waals surface area contributed by atoms with Crippen molar-refractivity contribution in [3.8, 4) is 0 Å². The maximum absolute atomic E-state index is 12.4. The molecule has 0 saturated carbocycles. The van der Waals surface area contributed by atoms with Crippen molar-refractivity contribution in [3.63, 3.8) is 0 Å². The first-order valence-corrected chi connectivity index (χ1v) is 8.00. The number of rotatable bonds is 5. The number of hydrogen-bond donors (Lipinski definition) is 3. The SMILES string of the molecule is O=C(NCc1nc2ccccc2[nH]1)c1cccc(Nc2cnccn2)n1. The third kappa shape index (κ3) is 3.48. The van der Waals surface area contributed by atoms with Crippen LogP contribution in [0.4, 0.5) is 11.6 Å². The van der Waals surface area contributed by atoms with E-state index in [0.29, 0.717) is 23.2 Å². The number of aromatic amines is 1. The van der Waals surface area contributed by atoms with E-state index in [1.165, 1.54) is 0 Å². The average molecular weight is 345 g/mol. The Balaban J connectivity index is 1.43. The lowest BCUT2D eigenvalue weighted by atomic mass is 10.3. The van der Waals surface area contributed by atoms with Gasteiger partial charge in [0.15, 0.2) is 0 Å². The zero-order valence-corrected chi connectivity index (χ0v) is 13.7. The zero-order chi connectivity index (χ0) is 17.8. The van der Waals surface area contributed by atoms with Crippen LogP contribution in [0.5, 0.6) is 0 Å². The molecule has 0 aliphatic rings. The summed E-state index contributed by atoms with van der Waals surface area (Å²) in [5.41, 5.74) is 2.10. The Labute approximate surface area is 148 Å². The van der Waals surface area contributed by atoms with Crippen LogP contribution in [-0.4, -0.2) is 30.8 Å². The Kier molecular flexibility index (Phi) is 4.21. The fourth-order valence-corrected chi connectivity index (χ4v) is 2.47. The van der Waals surface area contributed by atoms with Gasteiger partial charge in [-0.3, -0.25) is 9.78 Å². The van der Waals surface area contributed by atoms with Gasteiger partial charge in [0.25, 0.3) is 5.91 Å². The molecular formula is C18H15N7O. The molecule has 3 aromatic heterocycles. The second kappa shape index (κ2) is 6.98. The molecule has 1 amide bonds. The van der Waals surface area contributed by atoms with Crippen LogP contribution in [0.1, 0.15) is 16.3 Å². The van der Waals surface area contributed by atoms with Gasteiger partial charge in [0.05, 0.1) is 23.8 Å². The molecule has 0 aliphatic heterocycles. The molecule has 0 atom stereocenters. The monoisotopic (exact) mass is 345 g/mol. The van der Waals surface area contributed by atoms with Crippen LogP contribution < -0.4 is 10.6 Å². The van der Waals surface area contributed by atoms with Crippen molar-refractivity contribution < 1.29 is 4.79 Å². The maximum atomic E-state index is 12.4. The minimum absolute atomic E-state index is 0.284. The molecule has 0 fully saturated rings. The summed E-state index contributed by atoms with van der Waals surface area (Å²) in [5, 5.41) is 5.82. The number of H-pyrrole nitrogens is 1. The lowest BCUT2D eigenvalue weighted by molar-refractivity contribution is 0.0945. The number of anilines is 2. The van der Waals surface area contributed by atoms with Gasteiger partial charge in [-0.1, -0.05) is 18.2 Å². The van der Waals surface area contributed by atoms with Crippen molar-refractivity contribution in [2.24, 2.45) is 0 Å². The van der Waals surface area contributed by atoms with Crippen LogP contribution in [0.2, 0.25) is 0 Å². The van der Waals surface area contributed by atoms with Crippen molar-refractivity contribution in [1.82, 2.24) is 30.2 Å². The molecule has 128 valence electrons. The maximum Gasteiger partial charge on any atom is 0.270 e. The Hall–Kier alpha value is -3.81. The molecule has 0 bridgehead atoms. The topological polar surface area (TPSA) is 108 Å². The van der Waals surface area contributed by atoms with Crippen molar-refractivity contribution in [2.75, 3.05) is 5.32 Å². The van der Waals surface area contributed by atoms with Crippen molar-refractivity contribution in [3.05, 3.63) is 72.6 Å². The molecule has 1 aromatic carbocycles. The first-order valence-electron chi connectivity index (χ1n) is 8.00. The summed E-state index contributed by atoms with van der Waals surface area (Å²) < 4.78 is 0. The molecule has 0 aliphatic carbocycles. The normalized spacial score (nSPS) is 10.6. The van der Waals surface area contributed by atoms with Gasteiger partial charge in [-0.25, -0.2) is 15.0 Å². The molecular weight excluding hydrogens is 330 g/mol. The summed E-state index contributed by atoms with van der Waals surface area (Å²) in [4.78, 5) is 32.4. The Morgan fingerprint density at radius 2 is 1.92 bits per heavy atom. The average Bonchev–Trinajstić information content (AvgIpc) is 3.10. The first kappa shape index (κ1) is 15.7. The van der Waals surface area contributed by atoms with Crippen LogP contribution >= 0.6 is 0 Å². The number of pyridine rings is 1. The van der Waals surface area contributed by atoms with E-state index >= 15 is 0 Å². The number of para-hydroxylation sites is 2. The molecule has 4 rings (SSSR count). The second-order valence-corrected chi connectivity index (χ2v) is 5.51. The largest absolute Gasteiger partial charge is 0.343 e. The second-order valence-electron chi connectivity index (χ2n) is 5.51. The van der Waals surface area contributed by atoms with E-state index in [-0.39, 0.29) is 12.5 Å². The molecule has 3 N–H and O–H groups in total. The number of carbonyl (C=O) groups excluding carboxylic acids is 1. The fraction of sp³-hybridized carbons (Fsp3) is 0.0556. The lowest BCUT2D eigenvalue weighted by Gasteiger charge is -2.06. The molecule has 0 spiro atoms. The predicted octanol–water partition coefficient (Wildman–Crippen LogP) is 2.42. The Morgan fingerprint density at radius 3 is 2.77 bits per heavy atom. The highest BCUT2D eigenvalue weighted by molar-refractivity contribution is 5.92. The number of nitrogens with one attached hydrogen (secondary N) is 3. The predicted molar refractivity (Wildman–Crippen MR) is 96.8 cm³/mol. The van der Waals surface area contributed by atoms with Gasteiger partial charge in [-0.15, -0.1) is 0 Å². The molecule has 26 heavy (non-hydrogen) atoms. The van der Waals surface area contributed by atoms with Crippen molar-refractivity contribution in [1.29, 1.82) is 0 Å². The van der Waals surface area contributed by atoms with Gasteiger partial charge in [0.2, 0.25) is 0 Å². The van der Waals surface area contributed by atoms with E-state index in [1.54, 1.807) is 36.8 Å². The van der Waals surface area contributed by atoms with E-state index in [1.807, 2.05) is 24.3 Å². The quantitative estimate of drug-likeness (QED) is 0.513. The number of aromatic nitrogens is 5. The van der Waals surface area contributed by atoms with Crippen molar-refractivity contribution in [2.45, 2.75) is 6.54 Å². The number of carbonyl (C=O) groups is 1. The van der Waals surface area contributed by atoms with Gasteiger partial charge in [0.1, 0.15) is 23.2 Å². The summed E-state index contributed by atoms with van der Waals surface area (Å²) >= 11 is 0. The van der Waals surface area contributed by atoms with Gasteiger partial charge >= 0.3 is 0 Å². The summed E-state index contributed by atoms with van der Waals surface area (Å²) in [6, 6.07) is 12.9. The van der Waals surface area contributed by atoms with Gasteiger partial charge in [0, 0.05) is 12.4 Å². The smallest absolute Gasteiger partial charge is 0.270 e. The first-order chi connectivity index (χ1) is 12.8. The summed E-state index contributed by atoms with van der Waals surface area (Å²) in [6.45, 7) is 0.289. The van der Waals surface area contributed by atoms with E-state index < -0.39 is 0 Å². The lowest BCUT2D eigenvalue weighted by Crippen LogP contribution is -2.24. The van der Waals surface area contributed by atoms with Gasteiger partial charge < -0.3 is 15.6 Å². The van der Waals surface area contributed by atoms with E-state index in [2.05, 4.69) is 35.6 Å². The van der Waals surface area contributed by atoms with Gasteiger partial charge in [-0.2, -0.15) is 0 Å². The zero-order valence-electron chi connectivity index (χ0n) is 13.7. The third-order valence-electron chi connectivity index (χ3n) is 3.66. The van der Waals surface area contributed by atoms with Crippen LogP contribution in [-0.2, 0) is 6.54 Å². The molecule has 8 nitrogen and oxygen atoms in total. The molecule has 0 radical (unpaired) electrons.